The zero-order chi connectivity index (χ0) is 17.9. The van der Waals surface area contributed by atoms with Gasteiger partial charge in [0, 0.05) is 19.6 Å². The Hall–Kier alpha value is -3.29. The summed E-state index contributed by atoms with van der Waals surface area (Å²) in [5, 5.41) is 6.81. The average Bonchev–Trinajstić information content (AvgIpc) is 3.30. The fraction of sp³-hybridized carbons (Fsp3) is 0.278. The van der Waals surface area contributed by atoms with Gasteiger partial charge < -0.3 is 23.9 Å². The van der Waals surface area contributed by atoms with Crippen molar-refractivity contribution in [1.82, 2.24) is 20.4 Å². The number of carbonyl (C=O) groups is 1. The first kappa shape index (κ1) is 16.2. The van der Waals surface area contributed by atoms with Crippen LogP contribution >= 0.6 is 0 Å². The summed E-state index contributed by atoms with van der Waals surface area (Å²) in [5.41, 5.74) is 1.01. The number of ether oxygens (including phenoxy) is 1. The first-order chi connectivity index (χ1) is 12.7. The van der Waals surface area contributed by atoms with Crippen molar-refractivity contribution >= 4 is 6.03 Å². The van der Waals surface area contributed by atoms with Crippen molar-refractivity contribution in [2.45, 2.75) is 12.5 Å². The summed E-state index contributed by atoms with van der Waals surface area (Å²) < 4.78 is 15.6. The van der Waals surface area contributed by atoms with Crippen LogP contribution in [0, 0.1) is 0 Å². The Kier molecular flexibility index (Phi) is 4.30. The third-order valence-electron chi connectivity index (χ3n) is 4.30. The van der Waals surface area contributed by atoms with Crippen LogP contribution in [0.15, 0.2) is 51.6 Å². The van der Waals surface area contributed by atoms with Gasteiger partial charge in [0.25, 0.3) is 0 Å². The molecule has 134 valence electrons. The second kappa shape index (κ2) is 6.91. The minimum absolute atomic E-state index is 0.0537. The molecule has 1 aromatic carbocycles. The van der Waals surface area contributed by atoms with E-state index >= 15 is 0 Å². The molecule has 1 fully saturated rings. The first-order valence-electron chi connectivity index (χ1n) is 8.26. The molecule has 8 heteroatoms. The molecule has 3 aromatic rings. The Balaban J connectivity index is 1.27. The summed E-state index contributed by atoms with van der Waals surface area (Å²) in [4.78, 5) is 18.2. The summed E-state index contributed by atoms with van der Waals surface area (Å²) in [6.45, 7) is 1.57. The number of rotatable bonds is 5. The third kappa shape index (κ3) is 3.26. The zero-order valence-electron chi connectivity index (χ0n) is 14.2. The summed E-state index contributed by atoms with van der Waals surface area (Å²) in [5.74, 6) is 2.36. The van der Waals surface area contributed by atoms with Gasteiger partial charge in [-0.2, -0.15) is 4.98 Å². The van der Waals surface area contributed by atoms with Gasteiger partial charge in [0.15, 0.2) is 5.76 Å². The normalized spacial score (nSPS) is 14.1. The van der Waals surface area contributed by atoms with Crippen LogP contribution in [0.2, 0.25) is 0 Å². The Bertz CT molecular complexity index is 867. The van der Waals surface area contributed by atoms with Gasteiger partial charge in [-0.15, -0.1) is 0 Å². The zero-order valence-corrected chi connectivity index (χ0v) is 14.2. The van der Waals surface area contributed by atoms with Gasteiger partial charge in [-0.25, -0.2) is 4.79 Å². The summed E-state index contributed by atoms with van der Waals surface area (Å²) in [7, 11) is 1.62. The molecule has 0 radical (unpaired) electrons. The van der Waals surface area contributed by atoms with Gasteiger partial charge in [0.2, 0.25) is 11.7 Å². The molecule has 26 heavy (non-hydrogen) atoms. The van der Waals surface area contributed by atoms with E-state index in [1.54, 1.807) is 30.4 Å². The Labute approximate surface area is 149 Å². The van der Waals surface area contributed by atoms with E-state index in [9.17, 15) is 4.79 Å². The lowest BCUT2D eigenvalue weighted by Crippen LogP contribution is -2.52. The second-order valence-electron chi connectivity index (χ2n) is 6.04. The first-order valence-corrected chi connectivity index (χ1v) is 8.26. The number of amides is 2. The van der Waals surface area contributed by atoms with Crippen LogP contribution in [0.5, 0.6) is 5.75 Å². The number of urea groups is 1. The van der Waals surface area contributed by atoms with E-state index in [1.165, 1.54) is 0 Å². The molecule has 1 saturated heterocycles. The highest BCUT2D eigenvalue weighted by molar-refractivity contribution is 5.75. The number of hydrogen-bond donors (Lipinski definition) is 1. The highest BCUT2D eigenvalue weighted by Gasteiger charge is 2.35. The fourth-order valence-electron chi connectivity index (χ4n) is 2.74. The quantitative estimate of drug-likeness (QED) is 0.757. The molecule has 1 aliphatic rings. The van der Waals surface area contributed by atoms with Gasteiger partial charge >= 0.3 is 6.03 Å². The lowest BCUT2D eigenvalue weighted by atomic mass is 10.0. The molecule has 2 aromatic heterocycles. The van der Waals surface area contributed by atoms with Gasteiger partial charge in [-0.1, -0.05) is 17.3 Å². The largest absolute Gasteiger partial charge is 0.497 e. The molecule has 2 amide bonds. The summed E-state index contributed by atoms with van der Waals surface area (Å²) in [6.07, 6.45) is 1.56. The molecule has 0 spiro atoms. The molecule has 8 nitrogen and oxygen atoms in total. The van der Waals surface area contributed by atoms with E-state index in [0.29, 0.717) is 37.1 Å². The Morgan fingerprint density at radius 3 is 2.81 bits per heavy atom. The van der Waals surface area contributed by atoms with E-state index in [4.69, 9.17) is 13.7 Å². The van der Waals surface area contributed by atoms with Crippen molar-refractivity contribution in [2.24, 2.45) is 0 Å². The molecular weight excluding hydrogens is 336 g/mol. The molecule has 0 aliphatic carbocycles. The minimum atomic E-state index is -0.108. The smallest absolute Gasteiger partial charge is 0.317 e. The SMILES string of the molecule is COc1ccc(CNC(=O)N2CC(c3nc(-c4ccco4)no3)C2)cc1. The van der Waals surface area contributed by atoms with Crippen LogP contribution in [0.1, 0.15) is 17.4 Å². The van der Waals surface area contributed by atoms with Gasteiger partial charge in [-0.3, -0.25) is 0 Å². The van der Waals surface area contributed by atoms with E-state index in [-0.39, 0.29) is 11.9 Å². The third-order valence-corrected chi connectivity index (χ3v) is 4.30. The summed E-state index contributed by atoms with van der Waals surface area (Å²) in [6, 6.07) is 11.0. The van der Waals surface area contributed by atoms with Gasteiger partial charge in [0.1, 0.15) is 5.75 Å². The molecular formula is C18H18N4O4. The lowest BCUT2D eigenvalue weighted by Gasteiger charge is -2.36. The van der Waals surface area contributed by atoms with Gasteiger partial charge in [-0.05, 0) is 29.8 Å². The number of methoxy groups -OCH3 is 1. The number of aromatic nitrogens is 2. The molecule has 3 heterocycles. The van der Waals surface area contributed by atoms with Crippen molar-refractivity contribution in [3.63, 3.8) is 0 Å². The van der Waals surface area contributed by atoms with Crippen LogP contribution < -0.4 is 10.1 Å². The Morgan fingerprint density at radius 2 is 2.12 bits per heavy atom. The molecule has 0 atom stereocenters. The van der Waals surface area contributed by atoms with Crippen molar-refractivity contribution in [2.75, 3.05) is 20.2 Å². The topological polar surface area (TPSA) is 93.6 Å². The predicted molar refractivity (Wildman–Crippen MR) is 91.5 cm³/mol. The molecule has 0 unspecified atom stereocenters. The van der Waals surface area contributed by atoms with E-state index in [2.05, 4.69) is 15.5 Å². The molecule has 1 N–H and O–H groups in total. The van der Waals surface area contributed by atoms with Crippen molar-refractivity contribution in [3.05, 3.63) is 54.1 Å². The number of nitrogens with zero attached hydrogens (tertiary/aromatic N) is 3. The highest BCUT2D eigenvalue weighted by atomic mass is 16.5. The maximum absolute atomic E-state index is 12.2. The molecule has 0 bridgehead atoms. The second-order valence-corrected chi connectivity index (χ2v) is 6.04. The predicted octanol–water partition coefficient (Wildman–Crippen LogP) is 2.65. The van der Waals surface area contributed by atoms with Crippen LogP contribution in [-0.2, 0) is 6.54 Å². The fourth-order valence-corrected chi connectivity index (χ4v) is 2.74. The number of nitrogens with one attached hydrogen (secondary N) is 1. The average molecular weight is 354 g/mol. The maximum atomic E-state index is 12.2. The number of benzene rings is 1. The van der Waals surface area contributed by atoms with Crippen molar-refractivity contribution in [1.29, 1.82) is 0 Å². The molecule has 1 aliphatic heterocycles. The van der Waals surface area contributed by atoms with E-state index < -0.39 is 0 Å². The number of furan rings is 1. The van der Waals surface area contributed by atoms with Gasteiger partial charge in [0.05, 0.1) is 19.3 Å². The van der Waals surface area contributed by atoms with Crippen molar-refractivity contribution < 1.29 is 18.5 Å². The van der Waals surface area contributed by atoms with Crippen LogP contribution in [0.25, 0.3) is 11.6 Å². The van der Waals surface area contributed by atoms with E-state index in [0.717, 1.165) is 11.3 Å². The van der Waals surface area contributed by atoms with E-state index in [1.807, 2.05) is 24.3 Å². The lowest BCUT2D eigenvalue weighted by molar-refractivity contribution is 0.136. The van der Waals surface area contributed by atoms with Crippen LogP contribution in [0.3, 0.4) is 0 Å². The standard InChI is InChI=1S/C18H18N4O4/c1-24-14-6-4-12(5-7-14)9-19-18(23)22-10-13(11-22)17-20-16(21-26-17)15-3-2-8-25-15/h2-8,13H,9-11H2,1H3,(H,19,23). The van der Waals surface area contributed by atoms with Crippen LogP contribution in [0.4, 0.5) is 4.79 Å². The Morgan fingerprint density at radius 1 is 1.31 bits per heavy atom. The molecule has 0 saturated carbocycles. The van der Waals surface area contributed by atoms with Crippen molar-refractivity contribution in [3.8, 4) is 17.3 Å². The minimum Gasteiger partial charge on any atom is -0.497 e. The van der Waals surface area contributed by atoms with Crippen LogP contribution in [-0.4, -0.2) is 41.3 Å². The molecule has 4 rings (SSSR count). The number of carbonyl (C=O) groups excluding carboxylic acids is 1. The number of hydrogen-bond acceptors (Lipinski definition) is 6. The highest BCUT2D eigenvalue weighted by Crippen LogP contribution is 2.27. The monoisotopic (exact) mass is 354 g/mol. The summed E-state index contributed by atoms with van der Waals surface area (Å²) >= 11 is 0. The number of likely N-dealkylation sites (tertiary alicyclic amines) is 1. The maximum Gasteiger partial charge on any atom is 0.317 e.